The predicted molar refractivity (Wildman–Crippen MR) is 64.5 cm³/mol. The molecular formula is C11H14N2O5. The van der Waals surface area contributed by atoms with Gasteiger partial charge in [-0.25, -0.2) is 0 Å². The molecule has 0 fully saturated rings. The summed E-state index contributed by atoms with van der Waals surface area (Å²) in [6.07, 6.45) is 0. The molecule has 1 rings (SSSR count). The van der Waals surface area contributed by atoms with E-state index in [2.05, 4.69) is 5.32 Å². The Kier molecular flexibility index (Phi) is 3.87. The average molecular weight is 254 g/mol. The number of carbonyl (C=O) groups excluding carboxylic acids is 1. The zero-order chi connectivity index (χ0) is 13.9. The number of anilines is 1. The number of benzene rings is 1. The topological polar surface area (TPSA) is 102 Å². The van der Waals surface area contributed by atoms with E-state index in [0.717, 1.165) is 6.07 Å². The summed E-state index contributed by atoms with van der Waals surface area (Å²) in [7, 11) is 1.38. The molecule has 1 aromatic rings. The summed E-state index contributed by atoms with van der Waals surface area (Å²) in [5.74, 6) is -0.835. The van der Waals surface area contributed by atoms with E-state index in [1.807, 2.05) is 0 Å². The predicted octanol–water partition coefficient (Wildman–Crippen LogP) is 1.66. The first kappa shape index (κ1) is 13.9. The van der Waals surface area contributed by atoms with E-state index in [1.54, 1.807) is 13.8 Å². The smallest absolute Gasteiger partial charge is 0.273 e. The van der Waals surface area contributed by atoms with Crippen LogP contribution in [0.25, 0.3) is 0 Å². The number of aromatic hydroxyl groups is 1. The number of hydrogen-bond acceptors (Lipinski definition) is 5. The minimum absolute atomic E-state index is 0.0933. The zero-order valence-corrected chi connectivity index (χ0v) is 10.3. The number of nitrogens with one attached hydrogen (secondary N) is 1. The van der Waals surface area contributed by atoms with Crippen LogP contribution in [0, 0.1) is 10.1 Å². The molecule has 0 spiro atoms. The van der Waals surface area contributed by atoms with Gasteiger partial charge in [0.15, 0.2) is 0 Å². The highest BCUT2D eigenvalue weighted by Crippen LogP contribution is 2.28. The fourth-order valence-corrected chi connectivity index (χ4v) is 1.10. The van der Waals surface area contributed by atoms with Crippen molar-refractivity contribution in [1.82, 2.24) is 0 Å². The van der Waals surface area contributed by atoms with Gasteiger partial charge in [0.25, 0.3) is 11.6 Å². The quantitative estimate of drug-likeness (QED) is 0.483. The monoisotopic (exact) mass is 254 g/mol. The lowest BCUT2D eigenvalue weighted by atomic mass is 10.1. The van der Waals surface area contributed by atoms with Crippen molar-refractivity contribution in [2.45, 2.75) is 19.4 Å². The molecule has 0 bridgehead atoms. The van der Waals surface area contributed by atoms with E-state index < -0.39 is 16.4 Å². The molecule has 18 heavy (non-hydrogen) atoms. The highest BCUT2D eigenvalue weighted by atomic mass is 16.6. The van der Waals surface area contributed by atoms with Gasteiger partial charge in [-0.2, -0.15) is 0 Å². The summed E-state index contributed by atoms with van der Waals surface area (Å²) in [6.45, 7) is 3.12. The minimum atomic E-state index is -1.06. The van der Waals surface area contributed by atoms with Crippen molar-refractivity contribution >= 4 is 17.3 Å². The third-order valence-electron chi connectivity index (χ3n) is 2.50. The number of non-ortho nitro benzene ring substituents is 1. The van der Waals surface area contributed by atoms with Crippen LogP contribution in [-0.4, -0.2) is 28.6 Å². The number of phenolic OH excluding ortho intramolecular Hbond substituents is 1. The second-order valence-corrected chi connectivity index (χ2v) is 4.13. The largest absolute Gasteiger partial charge is 0.506 e. The van der Waals surface area contributed by atoms with E-state index in [1.165, 1.54) is 19.2 Å². The fourth-order valence-electron chi connectivity index (χ4n) is 1.10. The van der Waals surface area contributed by atoms with E-state index >= 15 is 0 Å². The maximum Gasteiger partial charge on any atom is 0.273 e. The molecule has 0 saturated heterocycles. The first-order valence-electron chi connectivity index (χ1n) is 5.12. The van der Waals surface area contributed by atoms with Gasteiger partial charge in [-0.15, -0.1) is 0 Å². The molecule has 1 amide bonds. The molecule has 0 atom stereocenters. The zero-order valence-electron chi connectivity index (χ0n) is 10.3. The summed E-state index contributed by atoms with van der Waals surface area (Å²) in [6, 6.07) is 3.42. The summed E-state index contributed by atoms with van der Waals surface area (Å²) in [4.78, 5) is 21.6. The lowest BCUT2D eigenvalue weighted by Gasteiger charge is -2.21. The van der Waals surface area contributed by atoms with Gasteiger partial charge in [0, 0.05) is 13.2 Å². The number of nitro groups is 1. The Balaban J connectivity index is 2.93. The van der Waals surface area contributed by atoms with E-state index in [4.69, 9.17) is 4.74 Å². The van der Waals surface area contributed by atoms with Gasteiger partial charge < -0.3 is 15.2 Å². The van der Waals surface area contributed by atoms with Crippen molar-refractivity contribution < 1.29 is 19.6 Å². The number of methoxy groups -OCH3 is 1. The van der Waals surface area contributed by atoms with Crippen LogP contribution in [0.3, 0.4) is 0 Å². The van der Waals surface area contributed by atoms with Crippen molar-refractivity contribution in [3.8, 4) is 5.75 Å². The second-order valence-electron chi connectivity index (χ2n) is 4.13. The lowest BCUT2D eigenvalue weighted by molar-refractivity contribution is -0.384. The van der Waals surface area contributed by atoms with Crippen LogP contribution in [-0.2, 0) is 9.53 Å². The molecule has 1 aromatic carbocycles. The third kappa shape index (κ3) is 2.95. The van der Waals surface area contributed by atoms with Gasteiger partial charge >= 0.3 is 0 Å². The number of nitro benzene ring substituents is 1. The van der Waals surface area contributed by atoms with Gasteiger partial charge in [0.1, 0.15) is 11.4 Å². The molecule has 0 radical (unpaired) electrons. The molecular weight excluding hydrogens is 240 g/mol. The molecule has 0 unspecified atom stereocenters. The van der Waals surface area contributed by atoms with Crippen LogP contribution in [0.15, 0.2) is 18.2 Å². The SMILES string of the molecule is COC(C)(C)C(=O)Nc1ccc([N+](=O)[O-])cc1O. The van der Waals surface area contributed by atoms with Crippen molar-refractivity contribution in [3.05, 3.63) is 28.3 Å². The number of amides is 1. The molecule has 7 nitrogen and oxygen atoms in total. The number of ether oxygens (including phenoxy) is 1. The van der Waals surface area contributed by atoms with E-state index in [-0.39, 0.29) is 17.1 Å². The van der Waals surface area contributed by atoms with Crippen molar-refractivity contribution in [2.75, 3.05) is 12.4 Å². The van der Waals surface area contributed by atoms with Crippen LogP contribution in [0.5, 0.6) is 5.75 Å². The molecule has 0 heterocycles. The normalized spacial score (nSPS) is 11.1. The lowest BCUT2D eigenvalue weighted by Crippen LogP contribution is -2.38. The van der Waals surface area contributed by atoms with Crippen molar-refractivity contribution in [3.63, 3.8) is 0 Å². The summed E-state index contributed by atoms with van der Waals surface area (Å²) in [5, 5.41) is 22.5. The van der Waals surface area contributed by atoms with Gasteiger partial charge in [-0.3, -0.25) is 14.9 Å². The van der Waals surface area contributed by atoms with Crippen LogP contribution in [0.4, 0.5) is 11.4 Å². The Morgan fingerprint density at radius 2 is 2.11 bits per heavy atom. The van der Waals surface area contributed by atoms with Crippen LogP contribution >= 0.6 is 0 Å². The van der Waals surface area contributed by atoms with Crippen molar-refractivity contribution in [1.29, 1.82) is 0 Å². The van der Waals surface area contributed by atoms with Gasteiger partial charge in [0.05, 0.1) is 16.7 Å². The van der Waals surface area contributed by atoms with Crippen LogP contribution in [0.2, 0.25) is 0 Å². The van der Waals surface area contributed by atoms with Crippen molar-refractivity contribution in [2.24, 2.45) is 0 Å². The van der Waals surface area contributed by atoms with Gasteiger partial charge in [-0.05, 0) is 19.9 Å². The Morgan fingerprint density at radius 3 is 2.56 bits per heavy atom. The Morgan fingerprint density at radius 1 is 1.50 bits per heavy atom. The number of carbonyl (C=O) groups is 1. The average Bonchev–Trinajstić information content (AvgIpc) is 2.31. The van der Waals surface area contributed by atoms with Crippen LogP contribution < -0.4 is 5.32 Å². The molecule has 0 saturated carbocycles. The number of rotatable bonds is 4. The molecule has 0 aliphatic carbocycles. The first-order chi connectivity index (χ1) is 8.27. The summed E-state index contributed by atoms with van der Waals surface area (Å²) in [5.41, 5.74) is -1.22. The van der Waals surface area contributed by atoms with Crippen LogP contribution in [0.1, 0.15) is 13.8 Å². The molecule has 0 aromatic heterocycles. The first-order valence-corrected chi connectivity index (χ1v) is 5.12. The highest BCUT2D eigenvalue weighted by molar-refractivity contribution is 5.97. The minimum Gasteiger partial charge on any atom is -0.506 e. The van der Waals surface area contributed by atoms with E-state index in [9.17, 15) is 20.0 Å². The summed E-state index contributed by atoms with van der Waals surface area (Å²) < 4.78 is 4.97. The Bertz CT molecular complexity index is 484. The fraction of sp³-hybridized carbons (Fsp3) is 0.364. The molecule has 7 heteroatoms. The third-order valence-corrected chi connectivity index (χ3v) is 2.50. The molecule has 2 N–H and O–H groups in total. The highest BCUT2D eigenvalue weighted by Gasteiger charge is 2.27. The maximum absolute atomic E-state index is 11.8. The second kappa shape index (κ2) is 5.01. The molecule has 0 aliphatic rings. The van der Waals surface area contributed by atoms with Gasteiger partial charge in [-0.1, -0.05) is 0 Å². The maximum atomic E-state index is 11.8. The number of hydrogen-bond donors (Lipinski definition) is 2. The standard InChI is InChI=1S/C11H14N2O5/c1-11(2,18-3)10(15)12-8-5-4-7(13(16)17)6-9(8)14/h4-6,14H,1-3H3,(H,12,15). The molecule has 0 aliphatic heterocycles. The summed E-state index contributed by atoms with van der Waals surface area (Å²) >= 11 is 0. The Labute approximate surface area is 104 Å². The Hall–Kier alpha value is -2.15. The number of nitrogens with zero attached hydrogens (tertiary/aromatic N) is 1. The number of phenols is 1. The molecule has 98 valence electrons. The van der Waals surface area contributed by atoms with E-state index in [0.29, 0.717) is 0 Å². The van der Waals surface area contributed by atoms with Gasteiger partial charge in [0.2, 0.25) is 0 Å².